The van der Waals surface area contributed by atoms with Crippen LogP contribution in [0.25, 0.3) is 0 Å². The van der Waals surface area contributed by atoms with Crippen LogP contribution in [0, 0.1) is 0 Å². The van der Waals surface area contributed by atoms with Gasteiger partial charge in [-0.05, 0) is 41.8 Å². The number of rotatable bonds is 8. The Bertz CT molecular complexity index is 1280. The van der Waals surface area contributed by atoms with Crippen molar-refractivity contribution in [3.05, 3.63) is 74.7 Å². The zero-order chi connectivity index (χ0) is 25.8. The van der Waals surface area contributed by atoms with Gasteiger partial charge in [0, 0.05) is 49.7 Å². The van der Waals surface area contributed by atoms with Crippen LogP contribution in [0.15, 0.2) is 48.5 Å². The van der Waals surface area contributed by atoms with Crippen LogP contribution in [0.4, 0.5) is 5.69 Å². The van der Waals surface area contributed by atoms with Gasteiger partial charge in [-0.15, -0.1) is 10.2 Å². The summed E-state index contributed by atoms with van der Waals surface area (Å²) in [5.74, 6) is -0.302. The number of nitrogens with one attached hydrogen (secondary N) is 2. The molecular weight excluding hydrogens is 524 g/mol. The molecule has 1 aromatic heterocycles. The average Bonchev–Trinajstić information content (AvgIpc) is 3.51. The Morgan fingerprint density at radius 1 is 1.05 bits per heavy atom. The van der Waals surface area contributed by atoms with Crippen molar-refractivity contribution in [1.82, 2.24) is 25.7 Å². The Morgan fingerprint density at radius 2 is 1.79 bits per heavy atom. The molecule has 0 saturated carbocycles. The summed E-state index contributed by atoms with van der Waals surface area (Å²) in [4.78, 5) is 40.8. The molecule has 0 bridgehead atoms. The SMILES string of the molecule is C.O=C1CN(Cc2ccc(N3C[C@H](NC(=O)c4nnc(CCc5ccc(Cl)cc5)s4)CC3=O)cc2)CCN1. The van der Waals surface area contributed by atoms with Crippen molar-refractivity contribution in [2.45, 2.75) is 39.3 Å². The van der Waals surface area contributed by atoms with E-state index in [1.54, 1.807) is 4.90 Å². The van der Waals surface area contributed by atoms with Crippen LogP contribution in [0.2, 0.25) is 5.02 Å². The number of hydrogen-bond donors (Lipinski definition) is 2. The number of aryl methyl sites for hydroxylation is 2. The predicted octanol–water partition coefficient (Wildman–Crippen LogP) is 3.08. The van der Waals surface area contributed by atoms with Crippen molar-refractivity contribution in [3.8, 4) is 0 Å². The zero-order valence-corrected chi connectivity index (χ0v) is 21.7. The van der Waals surface area contributed by atoms with E-state index in [4.69, 9.17) is 11.6 Å². The van der Waals surface area contributed by atoms with Crippen LogP contribution in [0.1, 0.15) is 39.8 Å². The first-order valence-corrected chi connectivity index (χ1v) is 13.4. The number of amides is 3. The normalized spacial score (nSPS) is 17.7. The van der Waals surface area contributed by atoms with E-state index in [1.165, 1.54) is 11.3 Å². The molecule has 3 amide bonds. The van der Waals surface area contributed by atoms with Gasteiger partial charge in [0.15, 0.2) is 0 Å². The van der Waals surface area contributed by atoms with E-state index in [2.05, 4.69) is 25.7 Å². The Hall–Kier alpha value is -3.34. The van der Waals surface area contributed by atoms with Crippen molar-refractivity contribution in [2.75, 3.05) is 31.1 Å². The summed E-state index contributed by atoms with van der Waals surface area (Å²) in [5.41, 5.74) is 3.02. The van der Waals surface area contributed by atoms with Gasteiger partial charge in [-0.25, -0.2) is 0 Å². The molecule has 2 N–H and O–H groups in total. The van der Waals surface area contributed by atoms with Crippen molar-refractivity contribution in [3.63, 3.8) is 0 Å². The quantitative estimate of drug-likeness (QED) is 0.443. The number of aromatic nitrogens is 2. The lowest BCUT2D eigenvalue weighted by Gasteiger charge is -2.26. The van der Waals surface area contributed by atoms with Gasteiger partial charge >= 0.3 is 0 Å². The summed E-state index contributed by atoms with van der Waals surface area (Å²) in [5, 5.41) is 15.8. The van der Waals surface area contributed by atoms with Crippen LogP contribution in [0.3, 0.4) is 0 Å². The van der Waals surface area contributed by atoms with Gasteiger partial charge < -0.3 is 15.5 Å². The molecule has 11 heteroatoms. The summed E-state index contributed by atoms with van der Waals surface area (Å²) in [7, 11) is 0. The maximum Gasteiger partial charge on any atom is 0.282 e. The Kier molecular flexibility index (Phi) is 9.09. The third-order valence-electron chi connectivity index (χ3n) is 6.43. The largest absolute Gasteiger partial charge is 0.354 e. The van der Waals surface area contributed by atoms with E-state index in [-0.39, 0.29) is 37.6 Å². The molecule has 2 aromatic carbocycles. The minimum Gasteiger partial charge on any atom is -0.354 e. The zero-order valence-electron chi connectivity index (χ0n) is 20.2. The molecule has 0 spiro atoms. The van der Waals surface area contributed by atoms with Crippen molar-refractivity contribution < 1.29 is 14.4 Å². The number of piperazine rings is 1. The molecular formula is C27H31ClN6O3S. The van der Waals surface area contributed by atoms with Gasteiger partial charge in [0.2, 0.25) is 16.8 Å². The van der Waals surface area contributed by atoms with Gasteiger partial charge in [-0.3, -0.25) is 19.3 Å². The molecule has 2 fully saturated rings. The molecule has 2 aliphatic rings. The average molecular weight is 555 g/mol. The Balaban J connectivity index is 0.00000336. The fraction of sp³-hybridized carbons (Fsp3) is 0.370. The number of carbonyl (C=O) groups excluding carboxylic acids is 3. The monoisotopic (exact) mass is 554 g/mol. The summed E-state index contributed by atoms with van der Waals surface area (Å²) in [6.45, 7) is 2.96. The fourth-order valence-electron chi connectivity index (χ4n) is 4.52. The second-order valence-corrected chi connectivity index (χ2v) is 10.7. The maximum atomic E-state index is 12.8. The van der Waals surface area contributed by atoms with Gasteiger partial charge in [0.05, 0.1) is 12.6 Å². The molecule has 200 valence electrons. The molecule has 1 atom stereocenters. The first-order valence-electron chi connectivity index (χ1n) is 12.2. The second kappa shape index (κ2) is 12.5. The highest BCUT2D eigenvalue weighted by atomic mass is 35.5. The van der Waals surface area contributed by atoms with Gasteiger partial charge in [-0.1, -0.05) is 54.6 Å². The third kappa shape index (κ3) is 6.94. The van der Waals surface area contributed by atoms with Crippen LogP contribution < -0.4 is 15.5 Å². The Morgan fingerprint density at radius 3 is 2.53 bits per heavy atom. The van der Waals surface area contributed by atoms with E-state index in [9.17, 15) is 14.4 Å². The molecule has 38 heavy (non-hydrogen) atoms. The number of benzene rings is 2. The van der Waals surface area contributed by atoms with E-state index in [0.717, 1.165) is 34.8 Å². The van der Waals surface area contributed by atoms with E-state index < -0.39 is 0 Å². The van der Waals surface area contributed by atoms with Gasteiger partial charge in [-0.2, -0.15) is 0 Å². The maximum absolute atomic E-state index is 12.8. The standard InChI is InChI=1S/C26H27ClN6O3S.CH4/c27-19-6-1-17(2-7-19)5-10-23-30-31-26(37-23)25(36)29-20-13-24(35)33(15-20)21-8-3-18(4-9-21)14-32-12-11-28-22(34)16-32;/h1-4,6-9,20H,5,10-16H2,(H,28,34)(H,29,36);1H4/t20-;/m1./s1. The molecule has 3 aromatic rings. The molecule has 2 saturated heterocycles. The topological polar surface area (TPSA) is 108 Å². The third-order valence-corrected chi connectivity index (χ3v) is 7.67. The Labute approximate surface area is 231 Å². The lowest BCUT2D eigenvalue weighted by Crippen LogP contribution is -2.47. The van der Waals surface area contributed by atoms with E-state index >= 15 is 0 Å². The fourth-order valence-corrected chi connectivity index (χ4v) is 5.38. The highest BCUT2D eigenvalue weighted by molar-refractivity contribution is 7.13. The number of halogens is 1. The highest BCUT2D eigenvalue weighted by Crippen LogP contribution is 2.23. The second-order valence-electron chi connectivity index (χ2n) is 9.23. The van der Waals surface area contributed by atoms with Crippen molar-refractivity contribution >= 4 is 46.3 Å². The number of nitrogens with zero attached hydrogens (tertiary/aromatic N) is 4. The highest BCUT2D eigenvalue weighted by Gasteiger charge is 2.32. The number of hydrogen-bond acceptors (Lipinski definition) is 7. The van der Waals surface area contributed by atoms with Crippen LogP contribution >= 0.6 is 22.9 Å². The summed E-state index contributed by atoms with van der Waals surface area (Å²) in [6, 6.07) is 15.2. The molecule has 9 nitrogen and oxygen atoms in total. The smallest absolute Gasteiger partial charge is 0.282 e. The molecule has 0 unspecified atom stereocenters. The van der Waals surface area contributed by atoms with Crippen LogP contribution in [-0.2, 0) is 29.0 Å². The van der Waals surface area contributed by atoms with E-state index in [1.807, 2.05) is 48.5 Å². The summed E-state index contributed by atoms with van der Waals surface area (Å²) < 4.78 is 0. The molecule has 3 heterocycles. The number of carbonyl (C=O) groups is 3. The minimum absolute atomic E-state index is 0. The minimum atomic E-state index is -0.309. The first kappa shape index (κ1) is 27.7. The van der Waals surface area contributed by atoms with Crippen molar-refractivity contribution in [2.24, 2.45) is 0 Å². The van der Waals surface area contributed by atoms with E-state index in [0.29, 0.717) is 42.6 Å². The molecule has 5 rings (SSSR count). The van der Waals surface area contributed by atoms with Crippen LogP contribution in [-0.4, -0.2) is 65.0 Å². The van der Waals surface area contributed by atoms with Crippen molar-refractivity contribution in [1.29, 1.82) is 0 Å². The number of anilines is 1. The van der Waals surface area contributed by atoms with Crippen LogP contribution in [0.5, 0.6) is 0 Å². The lowest BCUT2D eigenvalue weighted by molar-refractivity contribution is -0.124. The lowest BCUT2D eigenvalue weighted by atomic mass is 10.1. The van der Waals surface area contributed by atoms with Gasteiger partial charge in [0.1, 0.15) is 5.01 Å². The summed E-state index contributed by atoms with van der Waals surface area (Å²) >= 11 is 7.20. The first-order chi connectivity index (χ1) is 17.9. The molecule has 0 radical (unpaired) electrons. The van der Waals surface area contributed by atoms with Gasteiger partial charge in [0.25, 0.3) is 5.91 Å². The molecule has 2 aliphatic heterocycles. The predicted molar refractivity (Wildman–Crippen MR) is 148 cm³/mol. The molecule has 0 aliphatic carbocycles. The summed E-state index contributed by atoms with van der Waals surface area (Å²) in [6.07, 6.45) is 1.70.